The van der Waals surface area contributed by atoms with Gasteiger partial charge in [-0.3, -0.25) is 10.1 Å². The summed E-state index contributed by atoms with van der Waals surface area (Å²) < 4.78 is 3.98. The van der Waals surface area contributed by atoms with Crippen molar-refractivity contribution in [1.29, 1.82) is 0 Å². The predicted molar refractivity (Wildman–Crippen MR) is 80.3 cm³/mol. The molecule has 108 valence electrons. The fourth-order valence-corrected chi connectivity index (χ4v) is 2.61. The average molecular weight is 284 g/mol. The molecule has 0 amide bonds. The highest BCUT2D eigenvalue weighted by molar-refractivity contribution is 5.88. The van der Waals surface area contributed by atoms with E-state index in [4.69, 9.17) is 0 Å². The Morgan fingerprint density at radius 1 is 1.33 bits per heavy atom. The minimum absolute atomic E-state index is 0.133. The standard InChI is InChI=1S/C15H16N4O2/c1-11(2)18-10-16-8-13(18)9-17-7-6-12-4-3-5-14(15(12)17)19(20)21/h3-8,10-11H,9H2,1-2H3. The number of nitro groups is 1. The Labute approximate surface area is 121 Å². The van der Waals surface area contributed by atoms with Gasteiger partial charge in [-0.15, -0.1) is 0 Å². The maximum atomic E-state index is 11.2. The smallest absolute Gasteiger partial charge is 0.293 e. The van der Waals surface area contributed by atoms with E-state index in [1.54, 1.807) is 24.7 Å². The van der Waals surface area contributed by atoms with Gasteiger partial charge in [0.05, 0.1) is 23.5 Å². The van der Waals surface area contributed by atoms with Crippen LogP contribution in [-0.4, -0.2) is 19.0 Å². The molecule has 6 heteroatoms. The summed E-state index contributed by atoms with van der Waals surface area (Å²) in [7, 11) is 0. The number of fused-ring (bicyclic) bond motifs is 1. The van der Waals surface area contributed by atoms with Crippen LogP contribution in [0.25, 0.3) is 10.9 Å². The quantitative estimate of drug-likeness (QED) is 0.545. The van der Waals surface area contributed by atoms with E-state index in [9.17, 15) is 10.1 Å². The second kappa shape index (κ2) is 5.05. The summed E-state index contributed by atoms with van der Waals surface area (Å²) in [6, 6.07) is 7.35. The second-order valence-electron chi connectivity index (χ2n) is 5.30. The van der Waals surface area contributed by atoms with Crippen molar-refractivity contribution in [2.45, 2.75) is 26.4 Å². The van der Waals surface area contributed by atoms with Crippen molar-refractivity contribution in [2.75, 3.05) is 0 Å². The van der Waals surface area contributed by atoms with Crippen LogP contribution in [0.4, 0.5) is 5.69 Å². The molecule has 0 saturated heterocycles. The molecule has 6 nitrogen and oxygen atoms in total. The molecule has 3 rings (SSSR count). The van der Waals surface area contributed by atoms with Crippen molar-refractivity contribution >= 4 is 16.6 Å². The normalized spacial score (nSPS) is 11.4. The van der Waals surface area contributed by atoms with Gasteiger partial charge in [0.15, 0.2) is 0 Å². The van der Waals surface area contributed by atoms with Crippen LogP contribution < -0.4 is 0 Å². The summed E-state index contributed by atoms with van der Waals surface area (Å²) in [4.78, 5) is 15.1. The minimum Gasteiger partial charge on any atom is -0.336 e. The number of rotatable bonds is 4. The third-order valence-corrected chi connectivity index (χ3v) is 3.60. The Morgan fingerprint density at radius 2 is 2.14 bits per heavy atom. The van der Waals surface area contributed by atoms with E-state index in [0.717, 1.165) is 11.1 Å². The Bertz CT molecular complexity index is 801. The highest BCUT2D eigenvalue weighted by Gasteiger charge is 2.16. The number of imidazole rings is 1. The third-order valence-electron chi connectivity index (χ3n) is 3.60. The summed E-state index contributed by atoms with van der Waals surface area (Å²) in [5.74, 6) is 0. The number of hydrogen-bond donors (Lipinski definition) is 0. The fraction of sp³-hybridized carbons (Fsp3) is 0.267. The van der Waals surface area contributed by atoms with Crippen molar-refractivity contribution in [2.24, 2.45) is 0 Å². The van der Waals surface area contributed by atoms with E-state index in [1.165, 1.54) is 0 Å². The van der Waals surface area contributed by atoms with E-state index in [2.05, 4.69) is 23.4 Å². The molecule has 0 N–H and O–H groups in total. The Hall–Kier alpha value is -2.63. The molecule has 0 aliphatic heterocycles. The van der Waals surface area contributed by atoms with Crippen LogP contribution in [0.2, 0.25) is 0 Å². The molecular weight excluding hydrogens is 268 g/mol. The predicted octanol–water partition coefficient (Wildman–Crippen LogP) is 3.38. The molecule has 0 fully saturated rings. The van der Waals surface area contributed by atoms with E-state index in [0.29, 0.717) is 18.1 Å². The molecule has 0 radical (unpaired) electrons. The van der Waals surface area contributed by atoms with Crippen molar-refractivity contribution in [3.8, 4) is 0 Å². The van der Waals surface area contributed by atoms with Crippen LogP contribution in [0.3, 0.4) is 0 Å². The van der Waals surface area contributed by atoms with Crippen molar-refractivity contribution in [3.63, 3.8) is 0 Å². The number of non-ortho nitro benzene ring substituents is 1. The largest absolute Gasteiger partial charge is 0.336 e. The lowest BCUT2D eigenvalue weighted by Crippen LogP contribution is -2.08. The van der Waals surface area contributed by atoms with Gasteiger partial charge in [-0.1, -0.05) is 12.1 Å². The number of nitro benzene ring substituents is 1. The summed E-state index contributed by atoms with van der Waals surface area (Å²) in [5, 5.41) is 12.1. The molecule has 0 aliphatic rings. The maximum Gasteiger partial charge on any atom is 0.293 e. The van der Waals surface area contributed by atoms with Crippen LogP contribution in [0, 0.1) is 10.1 Å². The first kappa shape index (κ1) is 13.4. The van der Waals surface area contributed by atoms with E-state index >= 15 is 0 Å². The van der Waals surface area contributed by atoms with Crippen molar-refractivity contribution in [1.82, 2.24) is 14.1 Å². The lowest BCUT2D eigenvalue weighted by molar-refractivity contribution is -0.383. The second-order valence-corrected chi connectivity index (χ2v) is 5.30. The van der Waals surface area contributed by atoms with E-state index in [-0.39, 0.29) is 10.6 Å². The lowest BCUT2D eigenvalue weighted by atomic mass is 10.2. The molecule has 0 atom stereocenters. The van der Waals surface area contributed by atoms with Gasteiger partial charge in [0, 0.05) is 29.9 Å². The number of nitrogens with zero attached hydrogens (tertiary/aromatic N) is 4. The molecule has 0 spiro atoms. The molecular formula is C15H16N4O2. The maximum absolute atomic E-state index is 11.2. The SMILES string of the molecule is CC(C)n1cncc1Cn1ccc2cccc([N+](=O)[O-])c21. The van der Waals surface area contributed by atoms with Crippen molar-refractivity contribution in [3.05, 3.63) is 58.8 Å². The van der Waals surface area contributed by atoms with E-state index < -0.39 is 0 Å². The van der Waals surface area contributed by atoms with Crippen LogP contribution in [0.1, 0.15) is 25.6 Å². The zero-order valence-electron chi connectivity index (χ0n) is 11.9. The van der Waals surface area contributed by atoms with Gasteiger partial charge in [0.2, 0.25) is 0 Å². The molecule has 1 aromatic carbocycles. The van der Waals surface area contributed by atoms with Gasteiger partial charge in [-0.25, -0.2) is 4.98 Å². The van der Waals surface area contributed by atoms with Gasteiger partial charge < -0.3 is 9.13 Å². The number of aromatic nitrogens is 3. The Morgan fingerprint density at radius 3 is 2.86 bits per heavy atom. The first-order valence-electron chi connectivity index (χ1n) is 6.81. The van der Waals surface area contributed by atoms with Gasteiger partial charge in [-0.05, 0) is 19.9 Å². The summed E-state index contributed by atoms with van der Waals surface area (Å²) >= 11 is 0. The van der Waals surface area contributed by atoms with Crippen molar-refractivity contribution < 1.29 is 4.92 Å². The number of benzene rings is 1. The molecule has 21 heavy (non-hydrogen) atoms. The fourth-order valence-electron chi connectivity index (χ4n) is 2.61. The van der Waals surface area contributed by atoms with Gasteiger partial charge >= 0.3 is 0 Å². The Balaban J connectivity index is 2.09. The molecule has 0 bridgehead atoms. The topological polar surface area (TPSA) is 65.9 Å². The molecule has 0 aliphatic carbocycles. The van der Waals surface area contributed by atoms with Gasteiger partial charge in [-0.2, -0.15) is 0 Å². The monoisotopic (exact) mass is 284 g/mol. The zero-order chi connectivity index (χ0) is 15.0. The molecule has 2 heterocycles. The molecule has 0 saturated carbocycles. The first-order chi connectivity index (χ1) is 10.1. The summed E-state index contributed by atoms with van der Waals surface area (Å²) in [6.07, 6.45) is 5.48. The number of hydrogen-bond acceptors (Lipinski definition) is 3. The molecule has 3 aromatic rings. The summed E-state index contributed by atoms with van der Waals surface area (Å²) in [5.41, 5.74) is 1.81. The molecule has 2 aromatic heterocycles. The van der Waals surface area contributed by atoms with Crippen LogP contribution in [0.5, 0.6) is 0 Å². The van der Waals surface area contributed by atoms with E-state index in [1.807, 2.05) is 22.9 Å². The van der Waals surface area contributed by atoms with Crippen LogP contribution >= 0.6 is 0 Å². The minimum atomic E-state index is -0.335. The highest BCUT2D eigenvalue weighted by Crippen LogP contribution is 2.27. The Kier molecular flexibility index (Phi) is 3.21. The summed E-state index contributed by atoms with van der Waals surface area (Å²) in [6.45, 7) is 4.73. The first-order valence-corrected chi connectivity index (χ1v) is 6.81. The average Bonchev–Trinajstić information content (AvgIpc) is 3.06. The van der Waals surface area contributed by atoms with Crippen LogP contribution in [-0.2, 0) is 6.54 Å². The third kappa shape index (κ3) is 2.29. The van der Waals surface area contributed by atoms with Crippen LogP contribution in [0.15, 0.2) is 43.0 Å². The zero-order valence-corrected chi connectivity index (χ0v) is 11.9. The lowest BCUT2D eigenvalue weighted by Gasteiger charge is -2.12. The molecule has 0 unspecified atom stereocenters. The number of para-hydroxylation sites is 1. The van der Waals surface area contributed by atoms with Gasteiger partial charge in [0.25, 0.3) is 5.69 Å². The highest BCUT2D eigenvalue weighted by atomic mass is 16.6. The van der Waals surface area contributed by atoms with Gasteiger partial charge in [0.1, 0.15) is 5.52 Å².